The average Bonchev–Trinajstić information content (AvgIpc) is 2.37. The topological polar surface area (TPSA) is 43.4 Å². The van der Waals surface area contributed by atoms with Crippen LogP contribution in [0.4, 0.5) is 0 Å². The summed E-state index contributed by atoms with van der Waals surface area (Å²) >= 11 is 0. The standard InChI is InChI=1S/C15H16O3S/c1-12-8-9-14(19(2,16)17)10-15(12)18-11-13-6-4-3-5-7-13/h3-10H,11H2,1-2H3. The minimum Gasteiger partial charge on any atom is -0.489 e. The maximum atomic E-state index is 11.5. The van der Waals surface area contributed by atoms with E-state index >= 15 is 0 Å². The van der Waals surface area contributed by atoms with Gasteiger partial charge in [0.05, 0.1) is 4.90 Å². The van der Waals surface area contributed by atoms with E-state index in [0.29, 0.717) is 12.4 Å². The van der Waals surface area contributed by atoms with Gasteiger partial charge < -0.3 is 4.74 Å². The lowest BCUT2D eigenvalue weighted by Gasteiger charge is -2.10. The van der Waals surface area contributed by atoms with E-state index in [-0.39, 0.29) is 4.90 Å². The van der Waals surface area contributed by atoms with E-state index in [2.05, 4.69) is 0 Å². The third-order valence-corrected chi connectivity index (χ3v) is 3.94. The molecule has 0 amide bonds. The lowest BCUT2D eigenvalue weighted by atomic mass is 10.2. The summed E-state index contributed by atoms with van der Waals surface area (Å²) < 4.78 is 28.7. The van der Waals surface area contributed by atoms with Crippen molar-refractivity contribution in [2.24, 2.45) is 0 Å². The molecule has 0 aliphatic rings. The Hall–Kier alpha value is -1.81. The van der Waals surface area contributed by atoms with Gasteiger partial charge in [0.1, 0.15) is 12.4 Å². The fourth-order valence-corrected chi connectivity index (χ4v) is 2.34. The van der Waals surface area contributed by atoms with E-state index in [1.807, 2.05) is 37.3 Å². The van der Waals surface area contributed by atoms with Crippen LogP contribution in [-0.4, -0.2) is 14.7 Å². The Morgan fingerprint density at radius 3 is 2.37 bits per heavy atom. The monoisotopic (exact) mass is 276 g/mol. The molecule has 4 heteroatoms. The van der Waals surface area contributed by atoms with Crippen LogP contribution >= 0.6 is 0 Å². The molecule has 0 unspecified atom stereocenters. The molecule has 0 saturated heterocycles. The Morgan fingerprint density at radius 1 is 1.05 bits per heavy atom. The molecule has 2 rings (SSSR count). The highest BCUT2D eigenvalue weighted by molar-refractivity contribution is 7.90. The van der Waals surface area contributed by atoms with E-state index in [9.17, 15) is 8.42 Å². The molecule has 100 valence electrons. The first-order valence-electron chi connectivity index (χ1n) is 5.94. The summed E-state index contributed by atoms with van der Waals surface area (Å²) in [5.41, 5.74) is 1.97. The quantitative estimate of drug-likeness (QED) is 0.862. The number of hydrogen-bond donors (Lipinski definition) is 0. The first kappa shape index (κ1) is 13.6. The Morgan fingerprint density at radius 2 is 1.74 bits per heavy atom. The molecule has 0 bridgehead atoms. The molecular weight excluding hydrogens is 260 g/mol. The SMILES string of the molecule is Cc1ccc(S(C)(=O)=O)cc1OCc1ccccc1. The molecule has 19 heavy (non-hydrogen) atoms. The summed E-state index contributed by atoms with van der Waals surface area (Å²) in [6.07, 6.45) is 1.19. The van der Waals surface area contributed by atoms with Crippen LogP contribution in [0.2, 0.25) is 0 Å². The minimum atomic E-state index is -3.21. The van der Waals surface area contributed by atoms with Crippen molar-refractivity contribution in [3.8, 4) is 5.75 Å². The van der Waals surface area contributed by atoms with Gasteiger partial charge in [-0.25, -0.2) is 8.42 Å². The van der Waals surface area contributed by atoms with Gasteiger partial charge in [-0.3, -0.25) is 0 Å². The second kappa shape index (κ2) is 5.45. The number of benzene rings is 2. The lowest BCUT2D eigenvalue weighted by Crippen LogP contribution is -2.01. The molecule has 2 aromatic rings. The molecule has 3 nitrogen and oxygen atoms in total. The van der Waals surface area contributed by atoms with Crippen LogP contribution in [0.1, 0.15) is 11.1 Å². The van der Waals surface area contributed by atoms with E-state index < -0.39 is 9.84 Å². The summed E-state index contributed by atoms with van der Waals surface area (Å²) in [5.74, 6) is 0.603. The van der Waals surface area contributed by atoms with Gasteiger partial charge in [-0.15, -0.1) is 0 Å². The number of aryl methyl sites for hydroxylation is 1. The van der Waals surface area contributed by atoms with E-state index in [4.69, 9.17) is 4.74 Å². The van der Waals surface area contributed by atoms with Gasteiger partial charge in [-0.2, -0.15) is 0 Å². The van der Waals surface area contributed by atoms with Crippen molar-refractivity contribution in [1.82, 2.24) is 0 Å². The molecule has 0 aliphatic heterocycles. The van der Waals surface area contributed by atoms with Gasteiger partial charge in [0.25, 0.3) is 0 Å². The smallest absolute Gasteiger partial charge is 0.175 e. The van der Waals surface area contributed by atoms with Crippen LogP contribution in [0.15, 0.2) is 53.4 Å². The van der Waals surface area contributed by atoms with Crippen molar-refractivity contribution < 1.29 is 13.2 Å². The van der Waals surface area contributed by atoms with Gasteiger partial charge in [0.2, 0.25) is 0 Å². The van der Waals surface area contributed by atoms with Gasteiger partial charge in [0.15, 0.2) is 9.84 Å². The number of hydrogen-bond acceptors (Lipinski definition) is 3. The molecule has 0 atom stereocenters. The fraction of sp³-hybridized carbons (Fsp3) is 0.200. The summed E-state index contributed by atoms with van der Waals surface area (Å²) in [6, 6.07) is 14.7. The highest BCUT2D eigenvalue weighted by atomic mass is 32.2. The molecule has 0 fully saturated rings. The Bertz CT molecular complexity index is 661. The van der Waals surface area contributed by atoms with Crippen molar-refractivity contribution in [1.29, 1.82) is 0 Å². The van der Waals surface area contributed by atoms with Crippen molar-refractivity contribution in [2.45, 2.75) is 18.4 Å². The van der Waals surface area contributed by atoms with E-state index in [1.54, 1.807) is 18.2 Å². The number of sulfone groups is 1. The van der Waals surface area contributed by atoms with Crippen molar-refractivity contribution in [3.05, 3.63) is 59.7 Å². The second-order valence-corrected chi connectivity index (χ2v) is 6.49. The predicted octanol–water partition coefficient (Wildman–Crippen LogP) is 2.98. The highest BCUT2D eigenvalue weighted by Gasteiger charge is 2.10. The average molecular weight is 276 g/mol. The zero-order valence-corrected chi connectivity index (χ0v) is 11.8. The summed E-state index contributed by atoms with van der Waals surface area (Å²) in [4.78, 5) is 0.279. The molecule has 0 aliphatic carbocycles. The first-order valence-corrected chi connectivity index (χ1v) is 7.83. The molecule has 0 radical (unpaired) electrons. The zero-order valence-electron chi connectivity index (χ0n) is 11.0. The molecule has 0 aromatic heterocycles. The van der Waals surface area contributed by atoms with Crippen LogP contribution in [0.25, 0.3) is 0 Å². The molecule has 2 aromatic carbocycles. The fourth-order valence-electron chi connectivity index (χ4n) is 1.70. The third kappa shape index (κ3) is 3.58. The molecule has 0 saturated carbocycles. The Balaban J connectivity index is 2.21. The summed E-state index contributed by atoms with van der Waals surface area (Å²) in [5, 5.41) is 0. The summed E-state index contributed by atoms with van der Waals surface area (Å²) in [7, 11) is -3.21. The molecular formula is C15H16O3S. The lowest BCUT2D eigenvalue weighted by molar-refractivity contribution is 0.303. The Labute approximate surface area is 113 Å². The van der Waals surface area contributed by atoms with Crippen LogP contribution in [-0.2, 0) is 16.4 Å². The zero-order chi connectivity index (χ0) is 13.9. The van der Waals surface area contributed by atoms with Crippen molar-refractivity contribution in [3.63, 3.8) is 0 Å². The van der Waals surface area contributed by atoms with Crippen molar-refractivity contribution in [2.75, 3.05) is 6.26 Å². The van der Waals surface area contributed by atoms with Crippen LogP contribution in [0.3, 0.4) is 0 Å². The van der Waals surface area contributed by atoms with E-state index in [1.165, 1.54) is 6.26 Å². The van der Waals surface area contributed by atoms with Crippen LogP contribution in [0, 0.1) is 6.92 Å². The predicted molar refractivity (Wildman–Crippen MR) is 75.1 cm³/mol. The van der Waals surface area contributed by atoms with Crippen molar-refractivity contribution >= 4 is 9.84 Å². The number of ether oxygens (including phenoxy) is 1. The number of rotatable bonds is 4. The third-order valence-electron chi connectivity index (χ3n) is 2.82. The van der Waals surface area contributed by atoms with Gasteiger partial charge in [-0.1, -0.05) is 36.4 Å². The summed E-state index contributed by atoms with van der Waals surface area (Å²) in [6.45, 7) is 2.32. The molecule has 0 N–H and O–H groups in total. The van der Waals surface area contributed by atoms with Crippen LogP contribution in [0.5, 0.6) is 5.75 Å². The van der Waals surface area contributed by atoms with Crippen LogP contribution < -0.4 is 4.74 Å². The molecule has 0 spiro atoms. The van der Waals surface area contributed by atoms with Gasteiger partial charge >= 0.3 is 0 Å². The van der Waals surface area contributed by atoms with E-state index in [0.717, 1.165) is 11.1 Å². The highest BCUT2D eigenvalue weighted by Crippen LogP contribution is 2.23. The molecule has 0 heterocycles. The van der Waals surface area contributed by atoms with Gasteiger partial charge in [0, 0.05) is 6.26 Å². The maximum absolute atomic E-state index is 11.5. The maximum Gasteiger partial charge on any atom is 0.175 e. The largest absolute Gasteiger partial charge is 0.489 e. The first-order chi connectivity index (χ1) is 8.97. The van der Waals surface area contributed by atoms with Gasteiger partial charge in [-0.05, 0) is 30.2 Å². The normalized spacial score (nSPS) is 11.3. The Kier molecular flexibility index (Phi) is 3.90. The second-order valence-electron chi connectivity index (χ2n) is 4.47. The minimum absolute atomic E-state index is 0.279.